The standard InChI is InChI=1S/C23H21ClFNO3/c1-3-28-22-10-7-16(23(27)26-19-6-4-5-18(25)13-19)12-17(22)14-29-20-8-9-21(24)15(2)11-20/h4-13H,3,14H2,1-2H3,(H,26,27). The van der Waals surface area contributed by atoms with E-state index in [1.807, 2.05) is 19.9 Å². The van der Waals surface area contributed by atoms with Crippen molar-refractivity contribution in [2.24, 2.45) is 0 Å². The third-order valence-electron chi connectivity index (χ3n) is 4.23. The van der Waals surface area contributed by atoms with E-state index in [1.54, 1.807) is 36.4 Å². The van der Waals surface area contributed by atoms with Crippen LogP contribution in [0.1, 0.15) is 28.4 Å². The van der Waals surface area contributed by atoms with Gasteiger partial charge in [-0.05, 0) is 74.0 Å². The molecule has 0 bridgehead atoms. The van der Waals surface area contributed by atoms with Crippen molar-refractivity contribution in [3.05, 3.63) is 88.2 Å². The van der Waals surface area contributed by atoms with Gasteiger partial charge in [0, 0.05) is 21.8 Å². The quantitative estimate of drug-likeness (QED) is 0.515. The molecule has 0 saturated heterocycles. The zero-order valence-corrected chi connectivity index (χ0v) is 16.9. The fraction of sp³-hybridized carbons (Fsp3) is 0.174. The van der Waals surface area contributed by atoms with Crippen LogP contribution in [0.3, 0.4) is 0 Å². The average Bonchev–Trinajstić information content (AvgIpc) is 2.70. The average molecular weight is 414 g/mol. The molecule has 0 aromatic heterocycles. The summed E-state index contributed by atoms with van der Waals surface area (Å²) in [5, 5.41) is 3.36. The number of ether oxygens (including phenoxy) is 2. The highest BCUT2D eigenvalue weighted by Gasteiger charge is 2.12. The summed E-state index contributed by atoms with van der Waals surface area (Å²) >= 11 is 6.05. The second-order valence-electron chi connectivity index (χ2n) is 6.42. The SMILES string of the molecule is CCOc1ccc(C(=O)Nc2cccc(F)c2)cc1COc1ccc(Cl)c(C)c1. The maximum Gasteiger partial charge on any atom is 0.255 e. The Hall–Kier alpha value is -3.05. The van der Waals surface area contributed by atoms with Gasteiger partial charge in [-0.25, -0.2) is 4.39 Å². The van der Waals surface area contributed by atoms with Gasteiger partial charge >= 0.3 is 0 Å². The number of anilines is 1. The molecule has 0 atom stereocenters. The topological polar surface area (TPSA) is 47.6 Å². The molecule has 0 aliphatic carbocycles. The smallest absolute Gasteiger partial charge is 0.255 e. The summed E-state index contributed by atoms with van der Waals surface area (Å²) in [5.74, 6) is 0.550. The summed E-state index contributed by atoms with van der Waals surface area (Å²) in [4.78, 5) is 12.6. The van der Waals surface area contributed by atoms with Crippen molar-refractivity contribution in [1.82, 2.24) is 0 Å². The predicted octanol–water partition coefficient (Wildman–Crippen LogP) is 6.02. The van der Waals surface area contributed by atoms with Gasteiger partial charge in [0.25, 0.3) is 5.91 Å². The van der Waals surface area contributed by atoms with E-state index in [2.05, 4.69) is 5.32 Å². The Morgan fingerprint density at radius 3 is 2.62 bits per heavy atom. The molecule has 0 spiro atoms. The van der Waals surface area contributed by atoms with E-state index in [4.69, 9.17) is 21.1 Å². The van der Waals surface area contributed by atoms with Crippen LogP contribution in [-0.4, -0.2) is 12.5 Å². The van der Waals surface area contributed by atoms with Crippen LogP contribution in [0.5, 0.6) is 11.5 Å². The lowest BCUT2D eigenvalue weighted by Crippen LogP contribution is -2.13. The molecule has 4 nitrogen and oxygen atoms in total. The fourth-order valence-electron chi connectivity index (χ4n) is 2.77. The second kappa shape index (κ2) is 9.43. The van der Waals surface area contributed by atoms with Crippen LogP contribution < -0.4 is 14.8 Å². The first kappa shape index (κ1) is 20.7. The number of carbonyl (C=O) groups excluding carboxylic acids is 1. The molecule has 0 aliphatic heterocycles. The Labute approximate surface area is 174 Å². The molecule has 0 fully saturated rings. The lowest BCUT2D eigenvalue weighted by Gasteiger charge is -2.14. The molecular weight excluding hydrogens is 393 g/mol. The van der Waals surface area contributed by atoms with E-state index >= 15 is 0 Å². The first-order valence-corrected chi connectivity index (χ1v) is 9.55. The first-order chi connectivity index (χ1) is 14.0. The Morgan fingerprint density at radius 2 is 1.90 bits per heavy atom. The lowest BCUT2D eigenvalue weighted by atomic mass is 10.1. The highest BCUT2D eigenvalue weighted by molar-refractivity contribution is 6.31. The first-order valence-electron chi connectivity index (χ1n) is 9.18. The maximum absolute atomic E-state index is 13.3. The van der Waals surface area contributed by atoms with E-state index in [-0.39, 0.29) is 12.5 Å². The number of benzene rings is 3. The van der Waals surface area contributed by atoms with Gasteiger partial charge in [-0.15, -0.1) is 0 Å². The summed E-state index contributed by atoms with van der Waals surface area (Å²) < 4.78 is 24.9. The molecule has 0 heterocycles. The zero-order valence-electron chi connectivity index (χ0n) is 16.2. The van der Waals surface area contributed by atoms with Crippen LogP contribution in [-0.2, 0) is 6.61 Å². The van der Waals surface area contributed by atoms with Gasteiger partial charge in [0.2, 0.25) is 0 Å². The van der Waals surface area contributed by atoms with E-state index in [0.29, 0.717) is 34.4 Å². The van der Waals surface area contributed by atoms with Crippen molar-refractivity contribution in [2.45, 2.75) is 20.5 Å². The minimum absolute atomic E-state index is 0.220. The summed E-state index contributed by atoms with van der Waals surface area (Å²) in [6.45, 7) is 4.50. The van der Waals surface area contributed by atoms with Gasteiger partial charge in [0.05, 0.1) is 6.61 Å². The van der Waals surface area contributed by atoms with Crippen LogP contribution in [0.25, 0.3) is 0 Å². The van der Waals surface area contributed by atoms with Crippen molar-refractivity contribution in [3.8, 4) is 11.5 Å². The molecule has 1 amide bonds. The highest BCUT2D eigenvalue weighted by atomic mass is 35.5. The molecule has 3 aromatic carbocycles. The Balaban J connectivity index is 1.79. The zero-order chi connectivity index (χ0) is 20.8. The van der Waals surface area contributed by atoms with E-state index in [0.717, 1.165) is 11.1 Å². The normalized spacial score (nSPS) is 10.5. The van der Waals surface area contributed by atoms with Crippen molar-refractivity contribution in [1.29, 1.82) is 0 Å². The predicted molar refractivity (Wildman–Crippen MR) is 112 cm³/mol. The Bertz CT molecular complexity index is 1020. The molecule has 0 radical (unpaired) electrons. The van der Waals surface area contributed by atoms with Gasteiger partial charge in [-0.3, -0.25) is 4.79 Å². The van der Waals surface area contributed by atoms with Crippen LogP contribution in [0, 0.1) is 12.7 Å². The summed E-state index contributed by atoms with van der Waals surface area (Å²) in [6, 6.07) is 16.3. The molecule has 0 aliphatic rings. The van der Waals surface area contributed by atoms with Crippen LogP contribution in [0.15, 0.2) is 60.7 Å². The van der Waals surface area contributed by atoms with Crippen LogP contribution in [0.4, 0.5) is 10.1 Å². The number of nitrogens with one attached hydrogen (secondary N) is 1. The summed E-state index contributed by atoms with van der Waals surface area (Å²) in [6.07, 6.45) is 0. The molecule has 150 valence electrons. The Kier molecular flexibility index (Phi) is 6.73. The third-order valence-corrected chi connectivity index (χ3v) is 4.65. The van der Waals surface area contributed by atoms with Crippen molar-refractivity contribution in [3.63, 3.8) is 0 Å². The molecule has 3 rings (SSSR count). The largest absolute Gasteiger partial charge is 0.493 e. The molecule has 0 unspecified atom stereocenters. The van der Waals surface area contributed by atoms with Gasteiger partial charge in [0.1, 0.15) is 23.9 Å². The molecule has 3 aromatic rings. The number of aryl methyl sites for hydroxylation is 1. The van der Waals surface area contributed by atoms with E-state index < -0.39 is 5.82 Å². The minimum atomic E-state index is -0.415. The van der Waals surface area contributed by atoms with Gasteiger partial charge < -0.3 is 14.8 Å². The van der Waals surface area contributed by atoms with Crippen LogP contribution in [0.2, 0.25) is 5.02 Å². The summed E-state index contributed by atoms with van der Waals surface area (Å²) in [5.41, 5.74) is 2.45. The number of rotatable bonds is 7. The van der Waals surface area contributed by atoms with Gasteiger partial charge in [-0.1, -0.05) is 17.7 Å². The number of hydrogen-bond donors (Lipinski definition) is 1. The van der Waals surface area contributed by atoms with E-state index in [1.165, 1.54) is 18.2 Å². The lowest BCUT2D eigenvalue weighted by molar-refractivity contribution is 0.102. The maximum atomic E-state index is 13.3. The third kappa shape index (κ3) is 5.48. The molecule has 1 N–H and O–H groups in total. The van der Waals surface area contributed by atoms with Crippen molar-refractivity contribution in [2.75, 3.05) is 11.9 Å². The fourth-order valence-corrected chi connectivity index (χ4v) is 2.88. The number of hydrogen-bond acceptors (Lipinski definition) is 3. The molecule has 6 heteroatoms. The van der Waals surface area contributed by atoms with Crippen LogP contribution >= 0.6 is 11.6 Å². The molecule has 29 heavy (non-hydrogen) atoms. The van der Waals surface area contributed by atoms with Gasteiger partial charge in [0.15, 0.2) is 0 Å². The highest BCUT2D eigenvalue weighted by Crippen LogP contribution is 2.25. The van der Waals surface area contributed by atoms with Crippen molar-refractivity contribution < 1.29 is 18.7 Å². The molecular formula is C23H21ClFNO3. The number of carbonyl (C=O) groups is 1. The summed E-state index contributed by atoms with van der Waals surface area (Å²) in [7, 11) is 0. The number of amides is 1. The number of halogens is 2. The van der Waals surface area contributed by atoms with E-state index in [9.17, 15) is 9.18 Å². The molecule has 0 saturated carbocycles. The second-order valence-corrected chi connectivity index (χ2v) is 6.83. The van der Waals surface area contributed by atoms with Gasteiger partial charge in [-0.2, -0.15) is 0 Å². The Morgan fingerprint density at radius 1 is 1.07 bits per heavy atom. The van der Waals surface area contributed by atoms with Crippen molar-refractivity contribution >= 4 is 23.2 Å². The monoisotopic (exact) mass is 413 g/mol. The minimum Gasteiger partial charge on any atom is -0.493 e.